The van der Waals surface area contributed by atoms with Crippen molar-refractivity contribution in [3.05, 3.63) is 48.0 Å². The summed E-state index contributed by atoms with van der Waals surface area (Å²) in [6.07, 6.45) is 4.02. The molecule has 96 valence electrons. The minimum atomic E-state index is -1.16. The van der Waals surface area contributed by atoms with Crippen LogP contribution in [0.3, 0.4) is 0 Å². The summed E-state index contributed by atoms with van der Waals surface area (Å²) in [5.74, 6) is -1.98. The number of amides is 1. The Kier molecular flexibility index (Phi) is 3.37. The van der Waals surface area contributed by atoms with Crippen LogP contribution in [-0.2, 0) is 0 Å². The van der Waals surface area contributed by atoms with Gasteiger partial charge in [0.15, 0.2) is 0 Å². The fourth-order valence-corrected chi connectivity index (χ4v) is 1.37. The predicted molar refractivity (Wildman–Crippen MR) is 65.1 cm³/mol. The number of carbonyl (C=O) groups excluding carboxylic acids is 1. The maximum absolute atomic E-state index is 11.8. The molecule has 3 N–H and O–H groups in total. The molecule has 1 amide bonds. The van der Waals surface area contributed by atoms with E-state index in [1.165, 1.54) is 30.7 Å². The van der Waals surface area contributed by atoms with E-state index in [1.807, 2.05) is 0 Å². The van der Waals surface area contributed by atoms with Crippen molar-refractivity contribution in [3.8, 4) is 5.75 Å². The van der Waals surface area contributed by atoms with Crippen LogP contribution < -0.4 is 5.32 Å². The molecule has 2 rings (SSSR count). The van der Waals surface area contributed by atoms with Crippen LogP contribution in [0.25, 0.3) is 0 Å². The summed E-state index contributed by atoms with van der Waals surface area (Å²) >= 11 is 0. The monoisotopic (exact) mass is 259 g/mol. The van der Waals surface area contributed by atoms with Gasteiger partial charge >= 0.3 is 5.97 Å². The molecule has 0 radical (unpaired) electrons. The molecule has 0 saturated heterocycles. The number of phenols is 1. The van der Waals surface area contributed by atoms with Gasteiger partial charge in [-0.1, -0.05) is 0 Å². The summed E-state index contributed by atoms with van der Waals surface area (Å²) in [5, 5.41) is 20.8. The zero-order valence-electron chi connectivity index (χ0n) is 9.57. The minimum Gasteiger partial charge on any atom is -0.506 e. The molecule has 0 atom stereocenters. The summed E-state index contributed by atoms with van der Waals surface area (Å²) in [6.45, 7) is 0. The first-order valence-electron chi connectivity index (χ1n) is 5.21. The van der Waals surface area contributed by atoms with Gasteiger partial charge in [-0.25, -0.2) is 9.78 Å². The molecular weight excluding hydrogens is 250 g/mol. The summed E-state index contributed by atoms with van der Waals surface area (Å²) in [5.41, 5.74) is 0.00502. The molecule has 1 aromatic heterocycles. The lowest BCUT2D eigenvalue weighted by atomic mass is 10.2. The van der Waals surface area contributed by atoms with Gasteiger partial charge < -0.3 is 15.5 Å². The van der Waals surface area contributed by atoms with Crippen LogP contribution in [-0.4, -0.2) is 32.1 Å². The molecule has 0 aliphatic heterocycles. The third kappa shape index (κ3) is 2.83. The molecule has 19 heavy (non-hydrogen) atoms. The summed E-state index contributed by atoms with van der Waals surface area (Å²) in [4.78, 5) is 30.1. The van der Waals surface area contributed by atoms with E-state index in [2.05, 4.69) is 15.3 Å². The standard InChI is InChI=1S/C12H9N3O4/c16-10-2-1-7(12(18)19)5-8(10)15-11(17)9-6-13-3-4-14-9/h1-6,16H,(H,15,17)(H,18,19). The van der Waals surface area contributed by atoms with Crippen LogP contribution in [0, 0.1) is 0 Å². The molecule has 0 unspecified atom stereocenters. The number of carboxylic acid groups (broad SMARTS) is 1. The number of carbonyl (C=O) groups is 2. The zero-order valence-corrected chi connectivity index (χ0v) is 9.57. The Balaban J connectivity index is 2.26. The fourth-order valence-electron chi connectivity index (χ4n) is 1.37. The van der Waals surface area contributed by atoms with Gasteiger partial charge in [-0.3, -0.25) is 9.78 Å². The molecule has 2 aromatic rings. The second-order valence-electron chi connectivity index (χ2n) is 3.58. The van der Waals surface area contributed by atoms with E-state index in [0.29, 0.717) is 0 Å². The molecule has 0 spiro atoms. The molecule has 0 aliphatic carbocycles. The highest BCUT2D eigenvalue weighted by Crippen LogP contribution is 2.24. The van der Waals surface area contributed by atoms with Crippen LogP contribution in [0.1, 0.15) is 20.8 Å². The Bertz CT molecular complexity index is 628. The summed E-state index contributed by atoms with van der Waals surface area (Å²) < 4.78 is 0. The minimum absolute atomic E-state index is 0.00412. The zero-order chi connectivity index (χ0) is 13.8. The number of phenolic OH excluding ortho intramolecular Hbond substituents is 1. The van der Waals surface area contributed by atoms with Crippen molar-refractivity contribution < 1.29 is 19.8 Å². The van der Waals surface area contributed by atoms with E-state index < -0.39 is 11.9 Å². The van der Waals surface area contributed by atoms with E-state index in [1.54, 1.807) is 0 Å². The predicted octanol–water partition coefficient (Wildman–Crippen LogP) is 1.13. The number of carboxylic acids is 1. The third-order valence-electron chi connectivity index (χ3n) is 2.29. The Hall–Kier alpha value is -2.96. The van der Waals surface area contributed by atoms with Gasteiger partial charge in [-0.2, -0.15) is 0 Å². The molecule has 1 aromatic carbocycles. The number of hydrogen-bond acceptors (Lipinski definition) is 5. The highest BCUT2D eigenvalue weighted by molar-refractivity contribution is 6.04. The number of anilines is 1. The van der Waals surface area contributed by atoms with E-state index in [4.69, 9.17) is 5.11 Å². The van der Waals surface area contributed by atoms with Crippen LogP contribution in [0.4, 0.5) is 5.69 Å². The smallest absolute Gasteiger partial charge is 0.335 e. The van der Waals surface area contributed by atoms with Crippen molar-refractivity contribution >= 4 is 17.6 Å². The molecule has 1 heterocycles. The molecule has 0 bridgehead atoms. The highest BCUT2D eigenvalue weighted by atomic mass is 16.4. The van der Waals surface area contributed by atoms with Gasteiger partial charge in [0.1, 0.15) is 11.4 Å². The molecule has 0 fully saturated rings. The number of nitrogens with one attached hydrogen (secondary N) is 1. The first-order chi connectivity index (χ1) is 9.08. The number of hydrogen-bond donors (Lipinski definition) is 3. The second kappa shape index (κ2) is 5.13. The van der Waals surface area contributed by atoms with Gasteiger partial charge in [-0.15, -0.1) is 0 Å². The van der Waals surface area contributed by atoms with Gasteiger partial charge in [-0.05, 0) is 18.2 Å². The second-order valence-corrected chi connectivity index (χ2v) is 3.58. The molecule has 0 saturated carbocycles. The van der Waals surface area contributed by atoms with Gasteiger partial charge in [0.25, 0.3) is 5.91 Å². The molecular formula is C12H9N3O4. The maximum Gasteiger partial charge on any atom is 0.335 e. The van der Waals surface area contributed by atoms with Crippen LogP contribution in [0.5, 0.6) is 5.75 Å². The number of aromatic nitrogens is 2. The van der Waals surface area contributed by atoms with E-state index in [9.17, 15) is 14.7 Å². The SMILES string of the molecule is O=C(O)c1ccc(O)c(NC(=O)c2cnccn2)c1. The Morgan fingerprint density at radius 3 is 2.63 bits per heavy atom. The molecule has 7 heteroatoms. The van der Waals surface area contributed by atoms with Crippen molar-refractivity contribution in [1.29, 1.82) is 0 Å². The number of benzene rings is 1. The number of nitrogens with zero attached hydrogens (tertiary/aromatic N) is 2. The average Bonchev–Trinajstić information content (AvgIpc) is 2.42. The van der Waals surface area contributed by atoms with Gasteiger partial charge in [0.2, 0.25) is 0 Å². The van der Waals surface area contributed by atoms with Crippen LogP contribution in [0.2, 0.25) is 0 Å². The van der Waals surface area contributed by atoms with Crippen molar-refractivity contribution in [3.63, 3.8) is 0 Å². The van der Waals surface area contributed by atoms with Crippen molar-refractivity contribution in [2.24, 2.45) is 0 Å². The maximum atomic E-state index is 11.8. The third-order valence-corrected chi connectivity index (χ3v) is 2.29. The number of aromatic carboxylic acids is 1. The lowest BCUT2D eigenvalue weighted by Gasteiger charge is -2.07. The Labute approximate surface area is 107 Å². The largest absolute Gasteiger partial charge is 0.506 e. The first kappa shape index (κ1) is 12.5. The number of aromatic hydroxyl groups is 1. The fraction of sp³-hybridized carbons (Fsp3) is 0. The lowest BCUT2D eigenvalue weighted by Crippen LogP contribution is -2.14. The topological polar surface area (TPSA) is 112 Å². The summed E-state index contributed by atoms with van der Waals surface area (Å²) in [7, 11) is 0. The summed E-state index contributed by atoms with van der Waals surface area (Å²) in [6, 6.07) is 3.58. The lowest BCUT2D eigenvalue weighted by molar-refractivity contribution is 0.0696. The van der Waals surface area contributed by atoms with E-state index in [0.717, 1.165) is 6.07 Å². The van der Waals surface area contributed by atoms with Gasteiger partial charge in [0.05, 0.1) is 17.4 Å². The Morgan fingerprint density at radius 2 is 2.00 bits per heavy atom. The average molecular weight is 259 g/mol. The molecule has 7 nitrogen and oxygen atoms in total. The van der Waals surface area contributed by atoms with Crippen molar-refractivity contribution in [1.82, 2.24) is 9.97 Å². The Morgan fingerprint density at radius 1 is 1.21 bits per heavy atom. The quantitative estimate of drug-likeness (QED) is 0.712. The van der Waals surface area contributed by atoms with E-state index >= 15 is 0 Å². The molecule has 0 aliphatic rings. The van der Waals surface area contributed by atoms with Crippen LogP contribution in [0.15, 0.2) is 36.8 Å². The van der Waals surface area contributed by atoms with E-state index in [-0.39, 0.29) is 22.7 Å². The van der Waals surface area contributed by atoms with Crippen molar-refractivity contribution in [2.45, 2.75) is 0 Å². The normalized spacial score (nSPS) is 9.89. The van der Waals surface area contributed by atoms with Crippen molar-refractivity contribution in [2.75, 3.05) is 5.32 Å². The highest BCUT2D eigenvalue weighted by Gasteiger charge is 2.12. The van der Waals surface area contributed by atoms with Crippen LogP contribution >= 0.6 is 0 Å². The first-order valence-corrected chi connectivity index (χ1v) is 5.21. The number of rotatable bonds is 3. The van der Waals surface area contributed by atoms with Gasteiger partial charge in [0, 0.05) is 12.4 Å².